The molecule has 2 aliphatic heterocycles. The fourth-order valence-corrected chi connectivity index (χ4v) is 4.43. The highest BCUT2D eigenvalue weighted by atomic mass is 16.4. The Morgan fingerprint density at radius 2 is 2.04 bits per heavy atom. The molecule has 0 saturated carbocycles. The van der Waals surface area contributed by atoms with Crippen molar-refractivity contribution in [3.05, 3.63) is 46.7 Å². The first-order valence-corrected chi connectivity index (χ1v) is 8.32. The zero-order valence-electron chi connectivity index (χ0n) is 13.7. The van der Waals surface area contributed by atoms with Crippen LogP contribution in [-0.2, 0) is 11.2 Å². The Bertz CT molecular complexity index is 745. The predicted octanol–water partition coefficient (Wildman–Crippen LogP) is 3.46. The molecule has 0 aromatic heterocycles. The lowest BCUT2D eigenvalue weighted by Gasteiger charge is -2.48. The van der Waals surface area contributed by atoms with Gasteiger partial charge in [-0.3, -0.25) is 4.79 Å². The van der Waals surface area contributed by atoms with Gasteiger partial charge in [0, 0.05) is 25.1 Å². The summed E-state index contributed by atoms with van der Waals surface area (Å²) in [5, 5.41) is 13.0. The van der Waals surface area contributed by atoms with Crippen molar-refractivity contribution >= 4 is 11.5 Å². The number of Topliss-reactive ketones (excluding diaryl/α,β-unsaturated/α-hetero) is 1. The second kappa shape index (κ2) is 4.95. The summed E-state index contributed by atoms with van der Waals surface area (Å²) in [6.45, 7) is 5.22. The van der Waals surface area contributed by atoms with E-state index in [-0.39, 0.29) is 17.2 Å². The maximum absolute atomic E-state index is 12.7. The van der Waals surface area contributed by atoms with Crippen molar-refractivity contribution in [1.82, 2.24) is 4.90 Å². The van der Waals surface area contributed by atoms with Crippen LogP contribution in [0.1, 0.15) is 50.3 Å². The average molecular weight is 310 g/mol. The summed E-state index contributed by atoms with van der Waals surface area (Å²) >= 11 is 0. The van der Waals surface area contributed by atoms with E-state index in [0.717, 1.165) is 25.1 Å². The van der Waals surface area contributed by atoms with Crippen LogP contribution in [0, 0.1) is 5.41 Å². The summed E-state index contributed by atoms with van der Waals surface area (Å²) < 4.78 is 0. The molecule has 1 aromatic carbocycles. The lowest BCUT2D eigenvalue weighted by Crippen LogP contribution is -2.45. The third-order valence-electron chi connectivity index (χ3n) is 5.41. The highest BCUT2D eigenvalue weighted by Crippen LogP contribution is 2.47. The summed E-state index contributed by atoms with van der Waals surface area (Å²) in [5.74, 6) is 0.126. The van der Waals surface area contributed by atoms with Gasteiger partial charge in [-0.15, -0.1) is 0 Å². The smallest absolute Gasteiger partial charge is 0.167 e. The molecule has 120 valence electrons. The number of fused-ring (bicyclic) bond motifs is 4. The van der Waals surface area contributed by atoms with Crippen molar-refractivity contribution in [2.24, 2.45) is 10.6 Å². The lowest BCUT2D eigenvalue weighted by molar-refractivity contribution is -0.118. The Balaban J connectivity index is 1.86. The van der Waals surface area contributed by atoms with Crippen molar-refractivity contribution in [2.45, 2.75) is 45.6 Å². The first-order chi connectivity index (χ1) is 11.0. The molecular formula is C19H22N2O2. The number of benzene rings is 1. The van der Waals surface area contributed by atoms with Crippen LogP contribution in [0.15, 0.2) is 40.7 Å². The summed E-state index contributed by atoms with van der Waals surface area (Å²) in [5.41, 5.74) is 4.99. The Labute approximate surface area is 136 Å². The third-order valence-corrected chi connectivity index (χ3v) is 5.41. The van der Waals surface area contributed by atoms with Crippen LogP contribution in [0.5, 0.6) is 0 Å². The lowest BCUT2D eigenvalue weighted by atomic mass is 9.71. The molecule has 1 N–H and O–H groups in total. The molecule has 4 rings (SSSR count). The van der Waals surface area contributed by atoms with Crippen LogP contribution < -0.4 is 0 Å². The third kappa shape index (κ3) is 2.19. The van der Waals surface area contributed by atoms with Crippen molar-refractivity contribution in [3.63, 3.8) is 0 Å². The van der Waals surface area contributed by atoms with Crippen molar-refractivity contribution in [3.8, 4) is 0 Å². The number of rotatable bonds is 0. The van der Waals surface area contributed by atoms with Crippen LogP contribution in [0.2, 0.25) is 0 Å². The Kier molecular flexibility index (Phi) is 3.12. The number of oxime groups is 1. The molecule has 0 unspecified atom stereocenters. The van der Waals surface area contributed by atoms with E-state index in [0.29, 0.717) is 24.1 Å². The van der Waals surface area contributed by atoms with E-state index in [1.54, 1.807) is 0 Å². The number of carbonyl (C=O) groups excluding carboxylic acids is 1. The van der Waals surface area contributed by atoms with E-state index in [9.17, 15) is 10.0 Å². The number of nitrogens with zero attached hydrogens (tertiary/aromatic N) is 2. The van der Waals surface area contributed by atoms with Gasteiger partial charge in [0.1, 0.15) is 0 Å². The molecule has 3 aliphatic rings. The number of hydrogen-bond acceptors (Lipinski definition) is 4. The first-order valence-electron chi connectivity index (χ1n) is 8.32. The van der Waals surface area contributed by atoms with Gasteiger partial charge in [0.25, 0.3) is 0 Å². The second-order valence-corrected chi connectivity index (χ2v) is 7.67. The minimum Gasteiger partial charge on any atom is -0.411 e. The SMILES string of the molecule is CC1(C)CC(=O)C2=C(C1)N1CCc3ccccc3[C@@H]1CC2=NO. The van der Waals surface area contributed by atoms with Crippen LogP contribution in [-0.4, -0.2) is 28.1 Å². The van der Waals surface area contributed by atoms with Crippen molar-refractivity contribution in [2.75, 3.05) is 6.54 Å². The van der Waals surface area contributed by atoms with Gasteiger partial charge in [-0.2, -0.15) is 0 Å². The highest BCUT2D eigenvalue weighted by Gasteiger charge is 2.44. The largest absolute Gasteiger partial charge is 0.411 e. The Morgan fingerprint density at radius 3 is 2.83 bits per heavy atom. The molecule has 1 atom stereocenters. The number of ketones is 1. The normalized spacial score (nSPS) is 27.6. The van der Waals surface area contributed by atoms with Gasteiger partial charge in [-0.25, -0.2) is 0 Å². The minimum absolute atomic E-state index is 0.0324. The van der Waals surface area contributed by atoms with Crippen LogP contribution in [0.4, 0.5) is 0 Å². The number of allylic oxidation sites excluding steroid dienone is 2. The first kappa shape index (κ1) is 14.5. The zero-order chi connectivity index (χ0) is 16.2. The van der Waals surface area contributed by atoms with Crippen LogP contribution in [0.3, 0.4) is 0 Å². The molecule has 1 aliphatic carbocycles. The maximum Gasteiger partial charge on any atom is 0.167 e. The summed E-state index contributed by atoms with van der Waals surface area (Å²) in [7, 11) is 0. The van der Waals surface area contributed by atoms with E-state index < -0.39 is 0 Å². The molecule has 23 heavy (non-hydrogen) atoms. The fraction of sp³-hybridized carbons (Fsp3) is 0.474. The maximum atomic E-state index is 12.7. The summed E-state index contributed by atoms with van der Waals surface area (Å²) in [6.07, 6.45) is 3.01. The van der Waals surface area contributed by atoms with E-state index >= 15 is 0 Å². The predicted molar refractivity (Wildman–Crippen MR) is 88.5 cm³/mol. The summed E-state index contributed by atoms with van der Waals surface area (Å²) in [6, 6.07) is 8.69. The van der Waals surface area contributed by atoms with Crippen LogP contribution in [0.25, 0.3) is 0 Å². The molecule has 0 bridgehead atoms. The average Bonchev–Trinajstić information content (AvgIpc) is 2.52. The fourth-order valence-electron chi connectivity index (χ4n) is 4.43. The number of hydrogen-bond donors (Lipinski definition) is 1. The molecular weight excluding hydrogens is 288 g/mol. The molecule has 0 spiro atoms. The van der Waals surface area contributed by atoms with Crippen molar-refractivity contribution < 1.29 is 10.0 Å². The molecule has 0 fully saturated rings. The van der Waals surface area contributed by atoms with Gasteiger partial charge >= 0.3 is 0 Å². The van der Waals surface area contributed by atoms with E-state index in [1.165, 1.54) is 11.1 Å². The molecule has 1 aromatic rings. The monoisotopic (exact) mass is 310 g/mol. The van der Waals surface area contributed by atoms with Gasteiger partial charge in [0.2, 0.25) is 0 Å². The Morgan fingerprint density at radius 1 is 1.26 bits per heavy atom. The highest BCUT2D eigenvalue weighted by molar-refractivity contribution is 6.24. The standard InChI is InChI=1S/C19H22N2O2/c1-19(2)10-16-18(17(22)11-19)14(20-23)9-15-13-6-4-3-5-12(13)7-8-21(15)16/h3-6,15,23H,7-11H2,1-2H3/t15-/m0/s1. The molecule has 0 radical (unpaired) electrons. The molecule has 0 saturated heterocycles. The quantitative estimate of drug-likeness (QED) is 0.590. The molecule has 4 heteroatoms. The van der Waals surface area contributed by atoms with Crippen LogP contribution >= 0.6 is 0 Å². The minimum atomic E-state index is -0.0324. The Hall–Kier alpha value is -2.10. The number of carbonyl (C=O) groups is 1. The molecule has 4 nitrogen and oxygen atoms in total. The molecule has 0 amide bonds. The van der Waals surface area contributed by atoms with E-state index in [4.69, 9.17) is 0 Å². The van der Waals surface area contributed by atoms with Gasteiger partial charge in [0.15, 0.2) is 5.78 Å². The zero-order valence-corrected chi connectivity index (χ0v) is 13.7. The van der Waals surface area contributed by atoms with Crippen molar-refractivity contribution in [1.29, 1.82) is 0 Å². The second-order valence-electron chi connectivity index (χ2n) is 7.67. The van der Waals surface area contributed by atoms with Gasteiger partial charge in [-0.05, 0) is 29.4 Å². The van der Waals surface area contributed by atoms with Gasteiger partial charge < -0.3 is 10.1 Å². The van der Waals surface area contributed by atoms with E-state index in [1.807, 2.05) is 0 Å². The summed E-state index contributed by atoms with van der Waals surface area (Å²) in [4.78, 5) is 15.1. The van der Waals surface area contributed by atoms with Gasteiger partial charge in [-0.1, -0.05) is 43.3 Å². The van der Waals surface area contributed by atoms with E-state index in [2.05, 4.69) is 48.2 Å². The topological polar surface area (TPSA) is 52.9 Å². The van der Waals surface area contributed by atoms with Gasteiger partial charge in [0.05, 0.1) is 17.3 Å². The molecule has 2 heterocycles.